The van der Waals surface area contributed by atoms with Gasteiger partial charge in [-0.05, 0) is 90.3 Å². The molecule has 2 fully saturated rings. The van der Waals surface area contributed by atoms with Gasteiger partial charge in [-0.25, -0.2) is 8.42 Å². The summed E-state index contributed by atoms with van der Waals surface area (Å²) in [4.78, 5) is 32.0. The van der Waals surface area contributed by atoms with Crippen molar-refractivity contribution >= 4 is 33.0 Å². The van der Waals surface area contributed by atoms with Crippen LogP contribution in [-0.2, 0) is 32.4 Å². The lowest BCUT2D eigenvalue weighted by atomic mass is 9.72. The Labute approximate surface area is 286 Å². The molecule has 6 atom stereocenters. The van der Waals surface area contributed by atoms with Crippen molar-refractivity contribution in [2.45, 2.75) is 121 Å². The highest BCUT2D eigenvalue weighted by molar-refractivity contribution is 7.92. The molecule has 1 saturated heterocycles. The molecule has 1 aromatic carbocycles. The number of carbonyl (C=O) groups excluding carboxylic acids is 2. The number of rotatable bonds is 13. The number of aliphatic hydroxyl groups is 1. The molecule has 1 saturated carbocycles. The number of hydrogen-bond acceptors (Lipinski definition) is 8. The highest BCUT2D eigenvalue weighted by Gasteiger charge is 2.45. The maximum absolute atomic E-state index is 14.2. The second-order valence-corrected chi connectivity index (χ2v) is 19.3. The van der Waals surface area contributed by atoms with Crippen molar-refractivity contribution in [2.75, 3.05) is 19.3 Å². The Balaban J connectivity index is 1.60. The molecular weight excluding hydrogens is 633 g/mol. The molecule has 1 aromatic heterocycles. The first-order valence-corrected chi connectivity index (χ1v) is 19.7. The van der Waals surface area contributed by atoms with Crippen LogP contribution in [0.1, 0.15) is 82.0 Å². The third-order valence-corrected chi connectivity index (χ3v) is 13.2. The third-order valence-electron chi connectivity index (χ3n) is 10.0. The van der Waals surface area contributed by atoms with Gasteiger partial charge >= 0.3 is 0 Å². The summed E-state index contributed by atoms with van der Waals surface area (Å²) < 4.78 is 24.6. The topological polar surface area (TPSA) is 128 Å². The van der Waals surface area contributed by atoms with Crippen molar-refractivity contribution in [3.8, 4) is 0 Å². The zero-order valence-corrected chi connectivity index (χ0v) is 30.8. The molecule has 2 heterocycles. The summed E-state index contributed by atoms with van der Waals surface area (Å²) in [6.07, 6.45) is 5.86. The normalized spacial score (nSPS) is 22.9. The number of nitrogens with zero attached hydrogens (tertiary/aromatic N) is 1. The molecule has 1 aliphatic carbocycles. The second kappa shape index (κ2) is 15.5. The Kier molecular flexibility index (Phi) is 12.4. The van der Waals surface area contributed by atoms with Gasteiger partial charge in [-0.15, -0.1) is 11.3 Å². The number of carbonyl (C=O) groups is 2. The van der Waals surface area contributed by atoms with E-state index in [-0.39, 0.29) is 24.0 Å². The fourth-order valence-electron chi connectivity index (χ4n) is 7.06. The largest absolute Gasteiger partial charge is 0.390 e. The van der Waals surface area contributed by atoms with Crippen molar-refractivity contribution in [3.63, 3.8) is 0 Å². The highest BCUT2D eigenvalue weighted by Crippen LogP contribution is 2.39. The molecular formula is C36H56N4O5S2. The predicted octanol–water partition coefficient (Wildman–Crippen LogP) is 4.22. The number of piperidine rings is 1. The molecule has 2 aliphatic rings. The van der Waals surface area contributed by atoms with E-state index in [2.05, 4.69) is 20.9 Å². The number of amides is 2. The second-order valence-electron chi connectivity index (χ2n) is 15.3. The van der Waals surface area contributed by atoms with Crippen molar-refractivity contribution in [2.24, 2.45) is 11.8 Å². The van der Waals surface area contributed by atoms with Gasteiger partial charge in [-0.2, -0.15) is 0 Å². The van der Waals surface area contributed by atoms with E-state index < -0.39 is 38.7 Å². The minimum Gasteiger partial charge on any atom is -0.390 e. The molecule has 2 aromatic rings. The van der Waals surface area contributed by atoms with Gasteiger partial charge in [-0.1, -0.05) is 49.6 Å². The first-order chi connectivity index (χ1) is 21.9. The Morgan fingerprint density at radius 2 is 1.68 bits per heavy atom. The number of likely N-dealkylation sites (tertiary alicyclic amines) is 1. The maximum Gasteiger partial charge on any atom is 0.239 e. The Hall–Kier alpha value is -2.31. The zero-order chi connectivity index (χ0) is 34.6. The average Bonchev–Trinajstić information content (AvgIpc) is 3.40. The first-order valence-electron chi connectivity index (χ1n) is 17.0. The maximum atomic E-state index is 14.2. The van der Waals surface area contributed by atoms with Gasteiger partial charge < -0.3 is 15.7 Å². The Morgan fingerprint density at radius 3 is 2.28 bits per heavy atom. The predicted molar refractivity (Wildman–Crippen MR) is 190 cm³/mol. The highest BCUT2D eigenvalue weighted by atomic mass is 32.2. The standard InChI is InChI=1S/C36H56N4O5S2/c1-24-17-18-28(46-24)21-37-32(36(5,6)47(7,44)45)34(43)38-29(19-25-13-9-8-10-14-25)31(41)23-40-22-27-16-12-11-15-26(27)20-30(40)33(42)39-35(2,3)4/h8-10,13-14,17-18,26-27,29-32,37,41H,11-12,15-16,19-23H2,1-7H3,(H,38,43)(H,39,42). The molecule has 4 rings (SSSR count). The molecule has 262 valence electrons. The SMILES string of the molecule is Cc1ccc(CNC(C(=O)NC(Cc2ccccc2)C(O)CN2CC3CCCCC3CC2C(=O)NC(C)(C)C)C(C)(C)S(C)(=O)=O)s1. The lowest BCUT2D eigenvalue weighted by molar-refractivity contribution is -0.133. The van der Waals surface area contributed by atoms with Gasteiger partial charge in [0.25, 0.3) is 0 Å². The van der Waals surface area contributed by atoms with Crippen LogP contribution in [0.15, 0.2) is 42.5 Å². The summed E-state index contributed by atoms with van der Waals surface area (Å²) >= 11 is 1.59. The number of benzene rings is 1. The number of fused-ring (bicyclic) bond motifs is 1. The number of β-amino-alcohol motifs (C(OH)–C–C–N with tert-alkyl or cyclic N) is 1. The van der Waals surface area contributed by atoms with Crippen molar-refractivity contribution in [1.82, 2.24) is 20.9 Å². The first kappa shape index (κ1) is 37.5. The average molecular weight is 689 g/mol. The number of nitrogens with one attached hydrogen (secondary N) is 3. The number of sulfone groups is 1. The van der Waals surface area contributed by atoms with Crippen LogP contribution in [0.2, 0.25) is 0 Å². The van der Waals surface area contributed by atoms with Gasteiger partial charge in [0.2, 0.25) is 11.8 Å². The van der Waals surface area contributed by atoms with Gasteiger partial charge in [0.1, 0.15) is 6.04 Å². The van der Waals surface area contributed by atoms with E-state index >= 15 is 0 Å². The van der Waals surface area contributed by atoms with E-state index in [1.807, 2.05) is 70.2 Å². The minimum atomic E-state index is -3.66. The Morgan fingerprint density at radius 1 is 1.02 bits per heavy atom. The Bertz CT molecular complexity index is 1450. The fourth-order valence-corrected chi connectivity index (χ4v) is 8.52. The molecule has 9 nitrogen and oxygen atoms in total. The van der Waals surface area contributed by atoms with Crippen LogP contribution < -0.4 is 16.0 Å². The number of aryl methyl sites for hydroxylation is 1. The molecule has 2 amide bonds. The van der Waals surface area contributed by atoms with Crippen molar-refractivity contribution < 1.29 is 23.1 Å². The van der Waals surface area contributed by atoms with Crippen LogP contribution in [0, 0.1) is 18.8 Å². The van der Waals surface area contributed by atoms with E-state index in [0.717, 1.165) is 47.4 Å². The van der Waals surface area contributed by atoms with E-state index in [4.69, 9.17) is 0 Å². The fraction of sp³-hybridized carbons (Fsp3) is 0.667. The summed E-state index contributed by atoms with van der Waals surface area (Å²) in [5.41, 5.74) is 0.552. The minimum absolute atomic E-state index is 0.0275. The van der Waals surface area contributed by atoms with Crippen molar-refractivity contribution in [1.29, 1.82) is 0 Å². The third kappa shape index (κ3) is 10.1. The van der Waals surface area contributed by atoms with Gasteiger partial charge in [0.15, 0.2) is 9.84 Å². The van der Waals surface area contributed by atoms with Crippen LogP contribution in [0.4, 0.5) is 0 Å². The number of thiophene rings is 1. The van der Waals surface area contributed by atoms with Crippen LogP contribution in [-0.4, -0.2) is 84.1 Å². The van der Waals surface area contributed by atoms with E-state index in [1.54, 1.807) is 25.2 Å². The summed E-state index contributed by atoms with van der Waals surface area (Å²) in [6.45, 7) is 12.3. The molecule has 6 unspecified atom stereocenters. The molecule has 4 N–H and O–H groups in total. The lowest BCUT2D eigenvalue weighted by Crippen LogP contribution is -2.63. The monoisotopic (exact) mass is 688 g/mol. The molecule has 0 bridgehead atoms. The number of aliphatic hydroxyl groups excluding tert-OH is 1. The summed E-state index contributed by atoms with van der Waals surface area (Å²) in [5.74, 6) is 0.453. The van der Waals surface area contributed by atoms with Crippen LogP contribution in [0.5, 0.6) is 0 Å². The van der Waals surface area contributed by atoms with E-state index in [0.29, 0.717) is 24.8 Å². The smallest absolute Gasteiger partial charge is 0.239 e. The number of hydrogen-bond donors (Lipinski definition) is 4. The van der Waals surface area contributed by atoms with Gasteiger partial charge in [0, 0.05) is 41.2 Å². The van der Waals surface area contributed by atoms with Crippen LogP contribution >= 0.6 is 11.3 Å². The van der Waals surface area contributed by atoms with Crippen molar-refractivity contribution in [3.05, 3.63) is 57.8 Å². The molecule has 1 aliphatic heterocycles. The van der Waals surface area contributed by atoms with E-state index in [9.17, 15) is 23.1 Å². The zero-order valence-electron chi connectivity index (χ0n) is 29.2. The molecule has 11 heteroatoms. The summed E-state index contributed by atoms with van der Waals surface area (Å²) in [6, 6.07) is 11.5. The molecule has 0 radical (unpaired) electrons. The van der Waals surface area contributed by atoms with Crippen LogP contribution in [0.3, 0.4) is 0 Å². The van der Waals surface area contributed by atoms with Gasteiger partial charge in [-0.3, -0.25) is 19.8 Å². The van der Waals surface area contributed by atoms with Gasteiger partial charge in [0.05, 0.1) is 22.9 Å². The molecule has 0 spiro atoms. The van der Waals surface area contributed by atoms with E-state index in [1.165, 1.54) is 12.8 Å². The quantitative estimate of drug-likeness (QED) is 0.248. The van der Waals surface area contributed by atoms with Crippen LogP contribution in [0.25, 0.3) is 0 Å². The lowest BCUT2D eigenvalue weighted by Gasteiger charge is -2.47. The summed E-state index contributed by atoms with van der Waals surface area (Å²) in [7, 11) is -3.66. The molecule has 47 heavy (non-hydrogen) atoms. The summed E-state index contributed by atoms with van der Waals surface area (Å²) in [5, 5.41) is 21.4.